The molecule has 7 nitrogen and oxygen atoms in total. The van der Waals surface area contributed by atoms with Gasteiger partial charge in [-0.2, -0.15) is 4.98 Å². The van der Waals surface area contributed by atoms with E-state index in [1.807, 2.05) is 0 Å². The number of hydrogen-bond donors (Lipinski definition) is 1. The number of hydrogen-bond acceptors (Lipinski definition) is 7. The van der Waals surface area contributed by atoms with Gasteiger partial charge in [-0.25, -0.2) is 0 Å². The summed E-state index contributed by atoms with van der Waals surface area (Å²) in [6.45, 7) is 5.08. The van der Waals surface area contributed by atoms with E-state index < -0.39 is 0 Å². The van der Waals surface area contributed by atoms with Gasteiger partial charge in [0.1, 0.15) is 0 Å². The van der Waals surface area contributed by atoms with Gasteiger partial charge in [-0.15, -0.1) is 0 Å². The van der Waals surface area contributed by atoms with E-state index in [4.69, 9.17) is 14.0 Å². The van der Waals surface area contributed by atoms with E-state index in [-0.39, 0.29) is 0 Å². The molecule has 2 heterocycles. The molecule has 0 bridgehead atoms. The Morgan fingerprint density at radius 2 is 2.24 bits per heavy atom. The fraction of sp³-hybridized carbons (Fsp3) is 0.800. The topological polar surface area (TPSA) is 72.7 Å². The molecule has 1 N–H and O–H groups in total. The molecule has 0 aliphatic carbocycles. The Bertz CT molecular complexity index is 325. The van der Waals surface area contributed by atoms with Crippen LogP contribution in [0.1, 0.15) is 5.89 Å². The molecule has 1 aliphatic rings. The monoisotopic (exact) mass is 242 g/mol. The summed E-state index contributed by atoms with van der Waals surface area (Å²) in [4.78, 5) is 6.38. The van der Waals surface area contributed by atoms with Crippen molar-refractivity contribution in [1.82, 2.24) is 15.5 Å². The molecule has 0 saturated carbocycles. The molecule has 0 atom stereocenters. The molecule has 1 aliphatic heterocycles. The Hall–Kier alpha value is -1.18. The van der Waals surface area contributed by atoms with Crippen molar-refractivity contribution in [1.29, 1.82) is 0 Å². The summed E-state index contributed by atoms with van der Waals surface area (Å²) < 4.78 is 15.3. The fourth-order valence-electron chi connectivity index (χ4n) is 1.58. The van der Waals surface area contributed by atoms with Gasteiger partial charge in [0.05, 0.1) is 26.4 Å². The van der Waals surface area contributed by atoms with Gasteiger partial charge >= 0.3 is 0 Å². The fourth-order valence-corrected chi connectivity index (χ4v) is 1.58. The van der Waals surface area contributed by atoms with E-state index in [1.54, 1.807) is 7.11 Å². The predicted molar refractivity (Wildman–Crippen MR) is 60.9 cm³/mol. The lowest BCUT2D eigenvalue weighted by atomic mass is 10.4. The summed E-state index contributed by atoms with van der Waals surface area (Å²) in [6.07, 6.45) is 0. The maximum Gasteiger partial charge on any atom is 0.266 e. The van der Waals surface area contributed by atoms with Crippen LogP contribution in [-0.4, -0.2) is 56.7 Å². The molecule has 0 amide bonds. The molecule has 2 rings (SSSR count). The van der Waals surface area contributed by atoms with Gasteiger partial charge in [0.2, 0.25) is 5.89 Å². The Balaban J connectivity index is 1.78. The van der Waals surface area contributed by atoms with Gasteiger partial charge in [-0.05, 0) is 5.16 Å². The van der Waals surface area contributed by atoms with Crippen LogP contribution in [0, 0.1) is 0 Å². The minimum absolute atomic E-state index is 0.570. The number of methoxy groups -OCH3 is 1. The molecule has 1 aromatic heterocycles. The second-order valence-electron chi connectivity index (χ2n) is 3.76. The molecule has 0 aromatic carbocycles. The number of nitrogens with one attached hydrogen (secondary N) is 1. The van der Waals surface area contributed by atoms with Crippen molar-refractivity contribution >= 4 is 5.95 Å². The van der Waals surface area contributed by atoms with Crippen molar-refractivity contribution in [3.05, 3.63) is 5.89 Å². The van der Waals surface area contributed by atoms with Crippen molar-refractivity contribution in [2.45, 2.75) is 6.54 Å². The summed E-state index contributed by atoms with van der Waals surface area (Å²) >= 11 is 0. The molecule has 7 heteroatoms. The molecule has 17 heavy (non-hydrogen) atoms. The zero-order chi connectivity index (χ0) is 11.9. The van der Waals surface area contributed by atoms with Crippen LogP contribution >= 0.6 is 0 Å². The normalized spacial score (nSPS) is 16.4. The van der Waals surface area contributed by atoms with Crippen LogP contribution in [0.25, 0.3) is 0 Å². The highest BCUT2D eigenvalue weighted by Crippen LogP contribution is 2.10. The van der Waals surface area contributed by atoms with E-state index in [0.29, 0.717) is 25.0 Å². The first-order chi connectivity index (χ1) is 8.40. The highest BCUT2D eigenvalue weighted by Gasteiger charge is 2.16. The van der Waals surface area contributed by atoms with E-state index >= 15 is 0 Å². The molecule has 1 aromatic rings. The van der Waals surface area contributed by atoms with Crippen LogP contribution in [0.15, 0.2) is 4.52 Å². The minimum atomic E-state index is 0.570. The largest absolute Gasteiger partial charge is 0.383 e. The lowest BCUT2D eigenvalue weighted by molar-refractivity contribution is 0.121. The minimum Gasteiger partial charge on any atom is -0.383 e. The van der Waals surface area contributed by atoms with Crippen LogP contribution in [0.4, 0.5) is 5.95 Å². The molecule has 0 radical (unpaired) electrons. The van der Waals surface area contributed by atoms with E-state index in [2.05, 4.69) is 20.4 Å². The van der Waals surface area contributed by atoms with Gasteiger partial charge < -0.3 is 24.2 Å². The number of nitrogens with zero attached hydrogens (tertiary/aromatic N) is 3. The lowest BCUT2D eigenvalue weighted by Gasteiger charge is -2.24. The molecule has 0 spiro atoms. The molecule has 96 valence electrons. The summed E-state index contributed by atoms with van der Waals surface area (Å²) in [7, 11) is 1.67. The maximum atomic E-state index is 5.27. The van der Waals surface area contributed by atoms with Gasteiger partial charge in [0, 0.05) is 26.7 Å². The van der Waals surface area contributed by atoms with Crippen LogP contribution < -0.4 is 10.2 Å². The second kappa shape index (κ2) is 6.53. The van der Waals surface area contributed by atoms with Gasteiger partial charge in [0.15, 0.2) is 0 Å². The Labute approximate surface area is 100 Å². The number of anilines is 1. The third kappa shape index (κ3) is 3.65. The van der Waals surface area contributed by atoms with Crippen LogP contribution in [0.2, 0.25) is 0 Å². The smallest absolute Gasteiger partial charge is 0.266 e. The number of ether oxygens (including phenoxy) is 2. The van der Waals surface area contributed by atoms with Gasteiger partial charge in [0.25, 0.3) is 5.95 Å². The van der Waals surface area contributed by atoms with Gasteiger partial charge in [-0.1, -0.05) is 0 Å². The van der Waals surface area contributed by atoms with Crippen molar-refractivity contribution in [2.75, 3.05) is 51.5 Å². The van der Waals surface area contributed by atoms with Crippen molar-refractivity contribution < 1.29 is 14.0 Å². The molecule has 0 unspecified atom stereocenters. The van der Waals surface area contributed by atoms with E-state index in [1.165, 1.54) is 0 Å². The third-order valence-electron chi connectivity index (χ3n) is 2.51. The zero-order valence-corrected chi connectivity index (χ0v) is 10.0. The number of morpholine rings is 1. The molecular weight excluding hydrogens is 224 g/mol. The quantitative estimate of drug-likeness (QED) is 0.683. The van der Waals surface area contributed by atoms with Crippen molar-refractivity contribution in [3.8, 4) is 0 Å². The van der Waals surface area contributed by atoms with E-state index in [9.17, 15) is 0 Å². The molecule has 1 saturated heterocycles. The SMILES string of the molecule is COCCNCc1nc(N2CCOCC2)no1. The van der Waals surface area contributed by atoms with Crippen molar-refractivity contribution in [2.24, 2.45) is 0 Å². The summed E-state index contributed by atoms with van der Waals surface area (Å²) in [5.74, 6) is 1.25. The number of rotatable bonds is 6. The number of aromatic nitrogens is 2. The first kappa shape index (κ1) is 12.3. The third-order valence-corrected chi connectivity index (χ3v) is 2.51. The first-order valence-electron chi connectivity index (χ1n) is 5.75. The second-order valence-corrected chi connectivity index (χ2v) is 3.76. The van der Waals surface area contributed by atoms with Crippen LogP contribution in [0.3, 0.4) is 0 Å². The Morgan fingerprint density at radius 1 is 1.41 bits per heavy atom. The van der Waals surface area contributed by atoms with E-state index in [0.717, 1.165) is 32.8 Å². The maximum absolute atomic E-state index is 5.27. The Kier molecular flexibility index (Phi) is 4.72. The molecule has 1 fully saturated rings. The van der Waals surface area contributed by atoms with Crippen LogP contribution in [-0.2, 0) is 16.0 Å². The first-order valence-corrected chi connectivity index (χ1v) is 5.75. The highest BCUT2D eigenvalue weighted by atomic mass is 16.5. The lowest BCUT2D eigenvalue weighted by Crippen LogP contribution is -2.36. The Morgan fingerprint density at radius 3 is 3.00 bits per heavy atom. The predicted octanol–water partition coefficient (Wildman–Crippen LogP) is -0.358. The summed E-state index contributed by atoms with van der Waals surface area (Å²) in [6, 6.07) is 0. The standard InChI is InChI=1S/C10H18N4O3/c1-15-5-2-11-8-9-12-10(13-17-9)14-3-6-16-7-4-14/h11H,2-8H2,1H3. The van der Waals surface area contributed by atoms with Gasteiger partial charge in [-0.3, -0.25) is 0 Å². The average molecular weight is 242 g/mol. The molecular formula is C10H18N4O3. The highest BCUT2D eigenvalue weighted by molar-refractivity contribution is 5.27. The summed E-state index contributed by atoms with van der Waals surface area (Å²) in [5.41, 5.74) is 0. The van der Waals surface area contributed by atoms with Crippen molar-refractivity contribution in [3.63, 3.8) is 0 Å². The zero-order valence-electron chi connectivity index (χ0n) is 10.0. The summed E-state index contributed by atoms with van der Waals surface area (Å²) in [5, 5.41) is 7.11. The van der Waals surface area contributed by atoms with Crippen LogP contribution in [0.5, 0.6) is 0 Å². The average Bonchev–Trinajstić information content (AvgIpc) is 2.85.